The molecule has 0 aliphatic heterocycles. The number of nitrogens with zero attached hydrogens (tertiary/aromatic N) is 1. The fourth-order valence-corrected chi connectivity index (χ4v) is 2.41. The number of guanidine groups is 1. The second-order valence-electron chi connectivity index (χ2n) is 5.14. The number of hydrogen-bond donors (Lipinski definition) is 3. The van der Waals surface area contributed by atoms with Crippen molar-refractivity contribution >= 4 is 23.2 Å². The van der Waals surface area contributed by atoms with Crippen molar-refractivity contribution in [1.29, 1.82) is 0 Å². The first kappa shape index (κ1) is 16.5. The van der Waals surface area contributed by atoms with Gasteiger partial charge in [0.05, 0.1) is 5.41 Å². The van der Waals surface area contributed by atoms with E-state index in [4.69, 9.17) is 0 Å². The highest BCUT2D eigenvalue weighted by molar-refractivity contribution is 7.09. The van der Waals surface area contributed by atoms with Crippen LogP contribution in [0.4, 0.5) is 0 Å². The first-order chi connectivity index (χ1) is 9.49. The normalized spacial score (nSPS) is 12.1. The van der Waals surface area contributed by atoms with Crippen molar-refractivity contribution in [3.8, 4) is 0 Å². The molecular formula is C14H24N4OS. The summed E-state index contributed by atoms with van der Waals surface area (Å²) in [6, 6.07) is 4.18. The highest BCUT2D eigenvalue weighted by Crippen LogP contribution is 2.13. The summed E-state index contributed by atoms with van der Waals surface area (Å²) >= 11 is 1.75. The van der Waals surface area contributed by atoms with E-state index < -0.39 is 5.41 Å². The molecule has 0 aliphatic carbocycles. The average molecular weight is 296 g/mol. The third kappa shape index (κ3) is 5.21. The van der Waals surface area contributed by atoms with Crippen LogP contribution in [-0.2, 0) is 11.2 Å². The molecular weight excluding hydrogens is 272 g/mol. The summed E-state index contributed by atoms with van der Waals surface area (Å²) in [6.45, 7) is 5.15. The van der Waals surface area contributed by atoms with Gasteiger partial charge in [-0.1, -0.05) is 6.07 Å². The fraction of sp³-hybridized carbons (Fsp3) is 0.571. The van der Waals surface area contributed by atoms with E-state index >= 15 is 0 Å². The van der Waals surface area contributed by atoms with Gasteiger partial charge in [0.2, 0.25) is 5.91 Å². The smallest absolute Gasteiger partial charge is 0.227 e. The number of rotatable bonds is 6. The number of hydrogen-bond acceptors (Lipinski definition) is 3. The number of amides is 1. The van der Waals surface area contributed by atoms with Crippen LogP contribution in [-0.4, -0.2) is 39.1 Å². The van der Waals surface area contributed by atoms with Crippen molar-refractivity contribution < 1.29 is 4.79 Å². The Morgan fingerprint density at radius 2 is 2.15 bits per heavy atom. The van der Waals surface area contributed by atoms with Crippen LogP contribution < -0.4 is 16.0 Å². The number of aliphatic imine (C=N–C) groups is 1. The molecule has 0 atom stereocenters. The Morgan fingerprint density at radius 3 is 2.70 bits per heavy atom. The standard InChI is InChI=1S/C14H24N4OS/c1-14(2,12(19)15-3)10-18-13(16-4)17-8-7-11-6-5-9-20-11/h5-6,9H,7-8,10H2,1-4H3,(H,15,19)(H2,16,17,18). The largest absolute Gasteiger partial charge is 0.359 e. The maximum atomic E-state index is 11.7. The van der Waals surface area contributed by atoms with Crippen molar-refractivity contribution in [2.24, 2.45) is 10.4 Å². The van der Waals surface area contributed by atoms with Gasteiger partial charge < -0.3 is 16.0 Å². The molecule has 0 radical (unpaired) electrons. The summed E-state index contributed by atoms with van der Waals surface area (Å²) in [6.07, 6.45) is 0.969. The Hall–Kier alpha value is -1.56. The minimum absolute atomic E-state index is 0.0130. The Balaban J connectivity index is 2.35. The zero-order valence-corrected chi connectivity index (χ0v) is 13.4. The van der Waals surface area contributed by atoms with Crippen molar-refractivity contribution in [3.63, 3.8) is 0 Å². The summed E-state index contributed by atoms with van der Waals surface area (Å²) in [7, 11) is 3.38. The van der Waals surface area contributed by atoms with Crippen LogP contribution in [0.25, 0.3) is 0 Å². The van der Waals surface area contributed by atoms with Gasteiger partial charge in [-0.15, -0.1) is 11.3 Å². The van der Waals surface area contributed by atoms with Gasteiger partial charge in [-0.3, -0.25) is 9.79 Å². The van der Waals surface area contributed by atoms with Crippen LogP contribution in [0.1, 0.15) is 18.7 Å². The minimum Gasteiger partial charge on any atom is -0.359 e. The van der Waals surface area contributed by atoms with Crippen LogP contribution >= 0.6 is 11.3 Å². The van der Waals surface area contributed by atoms with Gasteiger partial charge in [0.15, 0.2) is 5.96 Å². The van der Waals surface area contributed by atoms with E-state index in [1.807, 2.05) is 13.8 Å². The molecule has 0 unspecified atom stereocenters. The Labute approximate surface area is 124 Å². The number of carbonyl (C=O) groups excluding carboxylic acids is 1. The van der Waals surface area contributed by atoms with Crippen LogP contribution in [0.2, 0.25) is 0 Å². The number of carbonyl (C=O) groups is 1. The van der Waals surface area contributed by atoms with Crippen molar-refractivity contribution in [2.75, 3.05) is 27.2 Å². The Morgan fingerprint density at radius 1 is 1.40 bits per heavy atom. The predicted molar refractivity (Wildman–Crippen MR) is 85.2 cm³/mol. The highest BCUT2D eigenvalue weighted by atomic mass is 32.1. The molecule has 1 aromatic heterocycles. The third-order valence-electron chi connectivity index (χ3n) is 3.01. The molecule has 0 saturated carbocycles. The van der Waals surface area contributed by atoms with E-state index in [0.29, 0.717) is 6.54 Å². The van der Waals surface area contributed by atoms with Crippen LogP contribution in [0, 0.1) is 5.41 Å². The lowest BCUT2D eigenvalue weighted by Gasteiger charge is -2.24. The van der Waals surface area contributed by atoms with E-state index in [1.54, 1.807) is 25.4 Å². The Kier molecular flexibility index (Phi) is 6.51. The van der Waals surface area contributed by atoms with Gasteiger partial charge in [-0.2, -0.15) is 0 Å². The molecule has 1 rings (SSSR count). The molecule has 6 heteroatoms. The minimum atomic E-state index is -0.472. The number of nitrogens with one attached hydrogen (secondary N) is 3. The summed E-state index contributed by atoms with van der Waals surface area (Å²) in [5, 5.41) is 11.2. The van der Waals surface area contributed by atoms with Crippen molar-refractivity contribution in [2.45, 2.75) is 20.3 Å². The molecule has 112 valence electrons. The second-order valence-corrected chi connectivity index (χ2v) is 6.18. The predicted octanol–water partition coefficient (Wildman–Crippen LogP) is 1.23. The molecule has 0 aliphatic rings. The summed E-state index contributed by atoms with van der Waals surface area (Å²) in [5.41, 5.74) is -0.472. The first-order valence-corrected chi connectivity index (χ1v) is 7.56. The lowest BCUT2D eigenvalue weighted by atomic mass is 9.92. The molecule has 3 N–H and O–H groups in total. The van der Waals surface area contributed by atoms with E-state index in [0.717, 1.165) is 18.9 Å². The molecule has 0 saturated heterocycles. The zero-order valence-electron chi connectivity index (χ0n) is 12.6. The molecule has 1 aromatic rings. The lowest BCUT2D eigenvalue weighted by molar-refractivity contribution is -0.128. The summed E-state index contributed by atoms with van der Waals surface area (Å²) < 4.78 is 0. The third-order valence-corrected chi connectivity index (χ3v) is 3.94. The van der Waals surface area contributed by atoms with Crippen LogP contribution in [0.15, 0.2) is 22.5 Å². The molecule has 1 amide bonds. The van der Waals surface area contributed by atoms with Gasteiger partial charge in [-0.05, 0) is 31.7 Å². The van der Waals surface area contributed by atoms with E-state index in [9.17, 15) is 4.79 Å². The monoisotopic (exact) mass is 296 g/mol. The van der Waals surface area contributed by atoms with Crippen LogP contribution in [0.5, 0.6) is 0 Å². The van der Waals surface area contributed by atoms with E-state index in [-0.39, 0.29) is 5.91 Å². The quantitative estimate of drug-likeness (QED) is 0.546. The molecule has 0 spiro atoms. The van der Waals surface area contributed by atoms with Crippen molar-refractivity contribution in [3.05, 3.63) is 22.4 Å². The Bertz CT molecular complexity index is 440. The SMILES string of the molecule is CN=C(NCCc1cccs1)NCC(C)(C)C(=O)NC. The van der Waals surface area contributed by atoms with Gasteiger partial charge in [0.1, 0.15) is 0 Å². The average Bonchev–Trinajstić information content (AvgIpc) is 2.94. The maximum absolute atomic E-state index is 11.7. The second kappa shape index (κ2) is 7.89. The fourth-order valence-electron chi connectivity index (χ4n) is 1.70. The van der Waals surface area contributed by atoms with Crippen molar-refractivity contribution in [1.82, 2.24) is 16.0 Å². The summed E-state index contributed by atoms with van der Waals surface area (Å²) in [5.74, 6) is 0.734. The van der Waals surface area contributed by atoms with Gasteiger partial charge in [0, 0.05) is 32.1 Å². The van der Waals surface area contributed by atoms with Gasteiger partial charge in [0.25, 0.3) is 0 Å². The highest BCUT2D eigenvalue weighted by Gasteiger charge is 2.26. The van der Waals surface area contributed by atoms with Gasteiger partial charge >= 0.3 is 0 Å². The molecule has 0 fully saturated rings. The molecule has 5 nitrogen and oxygen atoms in total. The zero-order chi connectivity index (χ0) is 15.0. The molecule has 0 bridgehead atoms. The first-order valence-electron chi connectivity index (χ1n) is 6.68. The topological polar surface area (TPSA) is 65.5 Å². The van der Waals surface area contributed by atoms with Gasteiger partial charge in [-0.25, -0.2) is 0 Å². The van der Waals surface area contributed by atoms with Crippen LogP contribution in [0.3, 0.4) is 0 Å². The van der Waals surface area contributed by atoms with E-state index in [1.165, 1.54) is 4.88 Å². The lowest BCUT2D eigenvalue weighted by Crippen LogP contribution is -2.47. The van der Waals surface area contributed by atoms with E-state index in [2.05, 4.69) is 38.5 Å². The molecule has 1 heterocycles. The maximum Gasteiger partial charge on any atom is 0.227 e. The molecule has 0 aromatic carbocycles. The molecule has 20 heavy (non-hydrogen) atoms. The number of thiophene rings is 1. The summed E-state index contributed by atoms with van der Waals surface area (Å²) in [4.78, 5) is 17.2.